The molecule has 1 aromatic heterocycles. The highest BCUT2D eigenvalue weighted by Crippen LogP contribution is 2.24. The van der Waals surface area contributed by atoms with Crippen LogP contribution in [0.15, 0.2) is 23.6 Å². The lowest BCUT2D eigenvalue weighted by molar-refractivity contribution is -0.116. The van der Waals surface area contributed by atoms with Crippen LogP contribution in [0, 0.1) is 20.8 Å². The second-order valence-corrected chi connectivity index (χ2v) is 7.18. The highest BCUT2D eigenvalue weighted by molar-refractivity contribution is 7.12. The molecular formula is C19H23N3O4S. The molecule has 3 amide bonds. The van der Waals surface area contributed by atoms with E-state index in [2.05, 4.69) is 15.4 Å². The first-order chi connectivity index (χ1) is 12.7. The van der Waals surface area contributed by atoms with Crippen molar-refractivity contribution in [3.05, 3.63) is 45.1 Å². The summed E-state index contributed by atoms with van der Waals surface area (Å²) in [6.45, 7) is 5.72. The van der Waals surface area contributed by atoms with Crippen molar-refractivity contribution in [1.82, 2.24) is 4.90 Å². The zero-order valence-electron chi connectivity index (χ0n) is 16.0. The third-order valence-corrected chi connectivity index (χ3v) is 4.84. The molecule has 1 aromatic carbocycles. The number of likely N-dealkylation sites (N-methyl/N-ethyl adjacent to an activating group) is 1. The van der Waals surface area contributed by atoms with Gasteiger partial charge in [-0.2, -0.15) is 0 Å². The van der Waals surface area contributed by atoms with Gasteiger partial charge in [0.05, 0.1) is 12.8 Å². The minimum absolute atomic E-state index is 0.129. The van der Waals surface area contributed by atoms with Crippen molar-refractivity contribution < 1.29 is 19.1 Å². The molecule has 0 radical (unpaired) electrons. The van der Waals surface area contributed by atoms with Gasteiger partial charge in [-0.25, -0.2) is 9.59 Å². The Morgan fingerprint density at radius 3 is 2.33 bits per heavy atom. The zero-order chi connectivity index (χ0) is 20.1. The van der Waals surface area contributed by atoms with Gasteiger partial charge in [0.1, 0.15) is 11.4 Å². The van der Waals surface area contributed by atoms with Gasteiger partial charge in [0.2, 0.25) is 5.91 Å². The molecule has 0 atom stereocenters. The molecule has 0 spiro atoms. The molecule has 2 aromatic rings. The highest BCUT2D eigenvalue weighted by Gasteiger charge is 2.19. The van der Waals surface area contributed by atoms with Gasteiger partial charge in [-0.05, 0) is 43.3 Å². The van der Waals surface area contributed by atoms with Gasteiger partial charge in [0.15, 0.2) is 0 Å². The predicted octanol–water partition coefficient (Wildman–Crippen LogP) is 3.56. The SMILES string of the molecule is COC(=O)c1sccc1NC(=O)N(C)CC(=O)Nc1c(C)cc(C)cc1C. The van der Waals surface area contributed by atoms with Crippen molar-refractivity contribution in [3.8, 4) is 0 Å². The quantitative estimate of drug-likeness (QED) is 0.766. The summed E-state index contributed by atoms with van der Waals surface area (Å²) in [5, 5.41) is 7.16. The van der Waals surface area contributed by atoms with Crippen LogP contribution >= 0.6 is 11.3 Å². The number of hydrogen-bond donors (Lipinski definition) is 2. The lowest BCUT2D eigenvalue weighted by Crippen LogP contribution is -2.38. The number of amides is 3. The number of ether oxygens (including phenoxy) is 1. The summed E-state index contributed by atoms with van der Waals surface area (Å²) in [5.74, 6) is -0.827. The number of nitrogens with zero attached hydrogens (tertiary/aromatic N) is 1. The van der Waals surface area contributed by atoms with Crippen LogP contribution in [0.1, 0.15) is 26.4 Å². The minimum atomic E-state index is -0.522. The van der Waals surface area contributed by atoms with E-state index in [0.717, 1.165) is 22.4 Å². The van der Waals surface area contributed by atoms with E-state index in [1.165, 1.54) is 30.4 Å². The maximum atomic E-state index is 12.3. The summed E-state index contributed by atoms with van der Waals surface area (Å²) in [6.07, 6.45) is 0. The van der Waals surface area contributed by atoms with Crippen LogP contribution < -0.4 is 10.6 Å². The molecular weight excluding hydrogens is 366 g/mol. The van der Waals surface area contributed by atoms with Crippen LogP contribution in [0.25, 0.3) is 0 Å². The van der Waals surface area contributed by atoms with Crippen LogP contribution in [0.3, 0.4) is 0 Å². The Kier molecular flexibility index (Phi) is 6.57. The van der Waals surface area contributed by atoms with E-state index >= 15 is 0 Å². The summed E-state index contributed by atoms with van der Waals surface area (Å²) in [4.78, 5) is 37.9. The third-order valence-electron chi connectivity index (χ3n) is 3.95. The van der Waals surface area contributed by atoms with Crippen molar-refractivity contribution in [2.45, 2.75) is 20.8 Å². The summed E-state index contributed by atoms with van der Waals surface area (Å²) >= 11 is 1.17. The molecule has 144 valence electrons. The molecule has 8 heteroatoms. The second kappa shape index (κ2) is 8.68. The first-order valence-corrected chi connectivity index (χ1v) is 9.16. The standard InChI is InChI=1S/C19H23N3O4S/c1-11-8-12(2)16(13(3)9-11)21-15(23)10-22(4)19(25)20-14-6-7-27-17(14)18(24)26-5/h6-9H,10H2,1-5H3,(H,20,25)(H,21,23). The molecule has 0 fully saturated rings. The van der Waals surface area contributed by atoms with Crippen LogP contribution in [0.5, 0.6) is 0 Å². The molecule has 0 aliphatic carbocycles. The van der Waals surface area contributed by atoms with Crippen molar-refractivity contribution in [2.75, 3.05) is 31.3 Å². The van der Waals surface area contributed by atoms with E-state index in [1.807, 2.05) is 32.9 Å². The molecule has 27 heavy (non-hydrogen) atoms. The Balaban J connectivity index is 1.99. The van der Waals surface area contributed by atoms with Gasteiger partial charge in [0.25, 0.3) is 0 Å². The maximum absolute atomic E-state index is 12.3. The molecule has 0 saturated carbocycles. The molecule has 7 nitrogen and oxygen atoms in total. The molecule has 1 heterocycles. The fourth-order valence-corrected chi connectivity index (χ4v) is 3.48. The normalized spacial score (nSPS) is 10.3. The number of esters is 1. The third kappa shape index (κ3) is 5.07. The summed E-state index contributed by atoms with van der Waals surface area (Å²) in [5.41, 5.74) is 4.17. The number of benzene rings is 1. The van der Waals surface area contributed by atoms with Gasteiger partial charge in [0, 0.05) is 12.7 Å². The zero-order valence-corrected chi connectivity index (χ0v) is 16.8. The molecule has 0 saturated heterocycles. The number of carbonyl (C=O) groups is 3. The number of nitrogens with one attached hydrogen (secondary N) is 2. The number of aryl methyl sites for hydroxylation is 3. The molecule has 2 rings (SSSR count). The Bertz CT molecular complexity index is 853. The number of thiophene rings is 1. The van der Waals surface area contributed by atoms with E-state index < -0.39 is 12.0 Å². The Labute approximate surface area is 162 Å². The smallest absolute Gasteiger partial charge is 0.350 e. The van der Waals surface area contributed by atoms with E-state index in [9.17, 15) is 14.4 Å². The molecule has 2 N–H and O–H groups in total. The average molecular weight is 389 g/mol. The van der Waals surface area contributed by atoms with Crippen LogP contribution in [-0.4, -0.2) is 43.5 Å². The van der Waals surface area contributed by atoms with Crippen LogP contribution in [-0.2, 0) is 9.53 Å². The monoisotopic (exact) mass is 389 g/mol. The van der Waals surface area contributed by atoms with Crippen molar-refractivity contribution in [1.29, 1.82) is 0 Å². The minimum Gasteiger partial charge on any atom is -0.465 e. The summed E-state index contributed by atoms with van der Waals surface area (Å²) in [6, 6.07) is 5.10. The first kappa shape index (κ1) is 20.4. The van der Waals surface area contributed by atoms with Crippen molar-refractivity contribution in [2.24, 2.45) is 0 Å². The van der Waals surface area contributed by atoms with Gasteiger partial charge < -0.3 is 20.3 Å². The number of urea groups is 1. The average Bonchev–Trinajstić information content (AvgIpc) is 3.05. The number of methoxy groups -OCH3 is 1. The van der Waals surface area contributed by atoms with Crippen LogP contribution in [0.2, 0.25) is 0 Å². The van der Waals surface area contributed by atoms with Crippen LogP contribution in [0.4, 0.5) is 16.2 Å². The number of hydrogen-bond acceptors (Lipinski definition) is 5. The first-order valence-electron chi connectivity index (χ1n) is 8.28. The molecule has 0 bridgehead atoms. The second-order valence-electron chi connectivity index (χ2n) is 6.26. The fourth-order valence-electron chi connectivity index (χ4n) is 2.71. The Morgan fingerprint density at radius 2 is 1.74 bits per heavy atom. The summed E-state index contributed by atoms with van der Waals surface area (Å²) < 4.78 is 4.68. The fraction of sp³-hybridized carbons (Fsp3) is 0.316. The highest BCUT2D eigenvalue weighted by atomic mass is 32.1. The molecule has 0 unspecified atom stereocenters. The Hall–Kier alpha value is -2.87. The van der Waals surface area contributed by atoms with Gasteiger partial charge in [-0.3, -0.25) is 4.79 Å². The Morgan fingerprint density at radius 1 is 1.11 bits per heavy atom. The molecule has 0 aliphatic heterocycles. The summed E-state index contributed by atoms with van der Waals surface area (Å²) in [7, 11) is 2.78. The van der Waals surface area contributed by atoms with E-state index in [-0.39, 0.29) is 12.5 Å². The maximum Gasteiger partial charge on any atom is 0.350 e. The largest absolute Gasteiger partial charge is 0.465 e. The number of carbonyl (C=O) groups excluding carboxylic acids is 3. The van der Waals surface area contributed by atoms with E-state index in [1.54, 1.807) is 11.4 Å². The lowest BCUT2D eigenvalue weighted by atomic mass is 10.1. The predicted molar refractivity (Wildman–Crippen MR) is 107 cm³/mol. The van der Waals surface area contributed by atoms with Crippen molar-refractivity contribution in [3.63, 3.8) is 0 Å². The topological polar surface area (TPSA) is 87.7 Å². The van der Waals surface area contributed by atoms with Gasteiger partial charge >= 0.3 is 12.0 Å². The number of rotatable bonds is 5. The van der Waals surface area contributed by atoms with E-state index in [0.29, 0.717) is 10.6 Å². The van der Waals surface area contributed by atoms with Gasteiger partial charge in [-0.1, -0.05) is 17.7 Å². The molecule has 0 aliphatic rings. The van der Waals surface area contributed by atoms with E-state index in [4.69, 9.17) is 0 Å². The van der Waals surface area contributed by atoms with Crippen molar-refractivity contribution >= 4 is 40.6 Å². The number of anilines is 2. The van der Waals surface area contributed by atoms with Gasteiger partial charge in [-0.15, -0.1) is 11.3 Å². The lowest BCUT2D eigenvalue weighted by Gasteiger charge is -2.19.